The first-order valence-electron chi connectivity index (χ1n) is 8.50. The Hall–Kier alpha value is -3.95. The maximum Gasteiger partial charge on any atom is 0.267 e. The highest BCUT2D eigenvalue weighted by Gasteiger charge is 2.20. The Morgan fingerprint density at radius 2 is 2.00 bits per heavy atom. The summed E-state index contributed by atoms with van der Waals surface area (Å²) in [5.41, 5.74) is 10.8. The lowest BCUT2D eigenvalue weighted by molar-refractivity contribution is -0.118. The summed E-state index contributed by atoms with van der Waals surface area (Å²) in [7, 11) is 0. The van der Waals surface area contributed by atoms with Crippen LogP contribution in [0.1, 0.15) is 23.7 Å². The first-order valence-corrected chi connectivity index (χ1v) is 8.50. The van der Waals surface area contributed by atoms with Crippen molar-refractivity contribution in [1.29, 1.82) is 0 Å². The molecule has 0 spiro atoms. The first-order chi connectivity index (χ1) is 13.4. The largest absolute Gasteiger partial charge is 0.368 e. The van der Waals surface area contributed by atoms with Gasteiger partial charge in [-0.25, -0.2) is 0 Å². The third kappa shape index (κ3) is 3.90. The molecule has 1 aromatic carbocycles. The molecule has 0 bridgehead atoms. The van der Waals surface area contributed by atoms with E-state index in [-0.39, 0.29) is 17.3 Å². The number of carbonyl (C=O) groups is 2. The van der Waals surface area contributed by atoms with E-state index in [0.29, 0.717) is 12.1 Å². The summed E-state index contributed by atoms with van der Waals surface area (Å²) in [5.74, 6) is -1.62. The van der Waals surface area contributed by atoms with Gasteiger partial charge in [0.2, 0.25) is 11.9 Å². The van der Waals surface area contributed by atoms with Gasteiger partial charge < -0.3 is 22.1 Å². The fraction of sp³-hybridized carbons (Fsp3) is 0.167. The van der Waals surface area contributed by atoms with E-state index in [9.17, 15) is 14.4 Å². The van der Waals surface area contributed by atoms with E-state index >= 15 is 0 Å². The van der Waals surface area contributed by atoms with Crippen LogP contribution >= 0.6 is 0 Å². The topological polar surface area (TPSA) is 169 Å². The number of nitrogens with zero attached hydrogens (tertiary/aromatic N) is 2. The molecular formula is C18H19N7O3. The molecule has 28 heavy (non-hydrogen) atoms. The van der Waals surface area contributed by atoms with E-state index in [4.69, 9.17) is 11.5 Å². The number of rotatable bonds is 7. The van der Waals surface area contributed by atoms with Crippen LogP contribution in [0, 0.1) is 0 Å². The average molecular weight is 381 g/mol. The van der Waals surface area contributed by atoms with Crippen LogP contribution in [0.3, 0.4) is 0 Å². The van der Waals surface area contributed by atoms with Crippen molar-refractivity contribution in [3.8, 4) is 0 Å². The van der Waals surface area contributed by atoms with Crippen molar-refractivity contribution < 1.29 is 9.59 Å². The zero-order chi connectivity index (χ0) is 20.3. The van der Waals surface area contributed by atoms with Crippen LogP contribution in [0.5, 0.6) is 0 Å². The normalized spacial score (nSPS) is 11.8. The molecule has 2 aromatic heterocycles. The van der Waals surface area contributed by atoms with Crippen LogP contribution in [0.4, 0.5) is 17.5 Å². The van der Waals surface area contributed by atoms with Crippen molar-refractivity contribution in [2.24, 2.45) is 11.5 Å². The van der Waals surface area contributed by atoms with Crippen LogP contribution in [-0.2, 0) is 4.79 Å². The van der Waals surface area contributed by atoms with Gasteiger partial charge in [0.05, 0.1) is 17.4 Å². The lowest BCUT2D eigenvalue weighted by Gasteiger charge is -2.15. The number of amides is 2. The molecule has 10 nitrogen and oxygen atoms in total. The highest BCUT2D eigenvalue weighted by atomic mass is 16.2. The monoisotopic (exact) mass is 381 g/mol. The second-order valence-corrected chi connectivity index (χ2v) is 6.05. The predicted octanol–water partition coefficient (Wildman–Crippen LogP) is 0.836. The SMILES string of the molecule is CCC(Nc1nc(Nc2cnc3ccccc3c2)c(C(N)=O)c(=O)[nH]1)C(N)=O. The third-order valence-electron chi connectivity index (χ3n) is 4.08. The maximum atomic E-state index is 12.3. The molecule has 0 fully saturated rings. The Morgan fingerprint density at radius 3 is 2.68 bits per heavy atom. The molecule has 3 rings (SSSR count). The van der Waals surface area contributed by atoms with Crippen LogP contribution in [-0.4, -0.2) is 32.8 Å². The summed E-state index contributed by atoms with van der Waals surface area (Å²) in [6.45, 7) is 1.75. The van der Waals surface area contributed by atoms with E-state index in [0.717, 1.165) is 10.9 Å². The fourth-order valence-corrected chi connectivity index (χ4v) is 2.68. The smallest absolute Gasteiger partial charge is 0.267 e. The number of carbonyl (C=O) groups excluding carboxylic acids is 2. The number of fused-ring (bicyclic) bond motifs is 1. The van der Waals surface area contributed by atoms with Gasteiger partial charge in [-0.1, -0.05) is 25.1 Å². The zero-order valence-corrected chi connectivity index (χ0v) is 15.0. The molecule has 0 saturated carbocycles. The highest BCUT2D eigenvalue weighted by molar-refractivity contribution is 5.98. The summed E-state index contributed by atoms with van der Waals surface area (Å²) >= 11 is 0. The maximum absolute atomic E-state index is 12.3. The Morgan fingerprint density at radius 1 is 1.25 bits per heavy atom. The highest BCUT2D eigenvalue weighted by Crippen LogP contribution is 2.21. The molecule has 1 atom stereocenters. The molecule has 0 aliphatic heterocycles. The van der Waals surface area contributed by atoms with Crippen molar-refractivity contribution in [3.63, 3.8) is 0 Å². The second-order valence-electron chi connectivity index (χ2n) is 6.05. The van der Waals surface area contributed by atoms with Gasteiger partial charge in [0, 0.05) is 5.39 Å². The van der Waals surface area contributed by atoms with Crippen molar-refractivity contribution in [2.45, 2.75) is 19.4 Å². The number of para-hydroxylation sites is 1. The number of H-pyrrole nitrogens is 1. The van der Waals surface area contributed by atoms with Crippen LogP contribution in [0.15, 0.2) is 41.3 Å². The summed E-state index contributed by atoms with van der Waals surface area (Å²) in [5, 5.41) is 6.50. The van der Waals surface area contributed by atoms with Gasteiger partial charge in [0.25, 0.3) is 11.5 Å². The third-order valence-corrected chi connectivity index (χ3v) is 4.08. The molecule has 3 aromatic rings. The minimum atomic E-state index is -0.946. The number of aromatic amines is 1. The van der Waals surface area contributed by atoms with Gasteiger partial charge in [0.1, 0.15) is 11.6 Å². The molecule has 0 saturated heterocycles. The summed E-state index contributed by atoms with van der Waals surface area (Å²) in [6, 6.07) is 8.52. The van der Waals surface area contributed by atoms with Crippen molar-refractivity contribution in [1.82, 2.24) is 15.0 Å². The number of nitrogens with one attached hydrogen (secondary N) is 3. The first kappa shape index (κ1) is 18.8. The lowest BCUT2D eigenvalue weighted by atomic mass is 10.2. The molecule has 0 aliphatic rings. The number of primary amides is 2. The molecule has 144 valence electrons. The average Bonchev–Trinajstić information content (AvgIpc) is 2.65. The van der Waals surface area contributed by atoms with Crippen molar-refractivity contribution in [2.75, 3.05) is 10.6 Å². The minimum Gasteiger partial charge on any atom is -0.368 e. The Bertz CT molecular complexity index is 1110. The van der Waals surface area contributed by atoms with Gasteiger partial charge in [-0.05, 0) is 18.6 Å². The van der Waals surface area contributed by atoms with Crippen LogP contribution in [0.2, 0.25) is 0 Å². The molecule has 1 unspecified atom stereocenters. The van der Waals surface area contributed by atoms with Gasteiger partial charge in [-0.3, -0.25) is 24.4 Å². The van der Waals surface area contributed by atoms with E-state index in [1.807, 2.05) is 24.3 Å². The summed E-state index contributed by atoms with van der Waals surface area (Å²) < 4.78 is 0. The Labute approximate surface area is 159 Å². The second kappa shape index (κ2) is 7.74. The van der Waals surface area contributed by atoms with Gasteiger partial charge >= 0.3 is 0 Å². The number of pyridine rings is 1. The van der Waals surface area contributed by atoms with Crippen LogP contribution in [0.25, 0.3) is 10.9 Å². The summed E-state index contributed by atoms with van der Waals surface area (Å²) in [6.07, 6.45) is 1.93. The zero-order valence-electron chi connectivity index (χ0n) is 15.0. The molecular weight excluding hydrogens is 362 g/mol. The van der Waals surface area contributed by atoms with Gasteiger partial charge in [0.15, 0.2) is 5.82 Å². The minimum absolute atomic E-state index is 0.0168. The van der Waals surface area contributed by atoms with E-state index < -0.39 is 23.4 Å². The van der Waals surface area contributed by atoms with E-state index in [1.165, 1.54) is 0 Å². The number of anilines is 3. The number of nitrogens with two attached hydrogens (primary N) is 2. The molecule has 2 heterocycles. The van der Waals surface area contributed by atoms with Crippen molar-refractivity contribution >= 4 is 40.2 Å². The number of hydrogen-bond acceptors (Lipinski definition) is 7. The molecule has 7 N–H and O–H groups in total. The predicted molar refractivity (Wildman–Crippen MR) is 105 cm³/mol. The lowest BCUT2D eigenvalue weighted by Crippen LogP contribution is -2.36. The van der Waals surface area contributed by atoms with Gasteiger partial charge in [-0.15, -0.1) is 0 Å². The molecule has 0 radical (unpaired) electrons. The number of benzene rings is 1. The number of aromatic nitrogens is 3. The molecule has 10 heteroatoms. The van der Waals surface area contributed by atoms with Crippen LogP contribution < -0.4 is 27.7 Å². The van der Waals surface area contributed by atoms with Crippen molar-refractivity contribution in [3.05, 3.63) is 52.4 Å². The molecule has 2 amide bonds. The number of hydrogen-bond donors (Lipinski definition) is 5. The van der Waals surface area contributed by atoms with E-state index in [2.05, 4.69) is 25.6 Å². The standard InChI is InChI=1S/C18H19N7O3/c1-2-11(14(19)26)23-18-24-16(13(15(20)27)17(28)25-18)22-10-7-9-5-3-4-6-12(9)21-8-10/h3-8,11H,2H2,1H3,(H2,19,26)(H2,20,27)(H3,22,23,24,25,28). The molecule has 0 aliphatic carbocycles. The van der Waals surface area contributed by atoms with Gasteiger partial charge in [-0.2, -0.15) is 4.98 Å². The quantitative estimate of drug-likeness (QED) is 0.404. The summed E-state index contributed by atoms with van der Waals surface area (Å²) in [4.78, 5) is 46.4. The Kier molecular flexibility index (Phi) is 5.21. The fourth-order valence-electron chi connectivity index (χ4n) is 2.68. The van der Waals surface area contributed by atoms with E-state index in [1.54, 1.807) is 19.2 Å². The Balaban J connectivity index is 2.02.